The topological polar surface area (TPSA) is 96.4 Å². The molecule has 1 saturated carbocycles. The third-order valence-corrected chi connectivity index (χ3v) is 11.6. The summed E-state index contributed by atoms with van der Waals surface area (Å²) in [7, 11) is -3.65. The van der Waals surface area contributed by atoms with E-state index in [1.807, 2.05) is 49.6 Å². The van der Waals surface area contributed by atoms with Crippen LogP contribution in [0.5, 0.6) is 0 Å². The van der Waals surface area contributed by atoms with E-state index in [0.717, 1.165) is 32.8 Å². The molecule has 0 N–H and O–H groups in total. The number of carbonyl (C=O) groups is 1. The lowest BCUT2D eigenvalue weighted by atomic mass is 9.68. The van der Waals surface area contributed by atoms with Gasteiger partial charge in [0.25, 0.3) is 0 Å². The highest BCUT2D eigenvalue weighted by Gasteiger charge is 2.42. The van der Waals surface area contributed by atoms with Gasteiger partial charge in [0.05, 0.1) is 21.0 Å². The smallest absolute Gasteiger partial charge is 0.243 e. The normalized spacial score (nSPS) is 20.1. The number of aryl methyl sites for hydroxylation is 1. The van der Waals surface area contributed by atoms with E-state index >= 15 is 0 Å². The van der Waals surface area contributed by atoms with Crippen LogP contribution in [0.1, 0.15) is 49.0 Å². The number of hydrogen-bond acceptors (Lipinski definition) is 9. The van der Waals surface area contributed by atoms with Gasteiger partial charge in [0, 0.05) is 61.0 Å². The Morgan fingerprint density at radius 2 is 1.70 bits per heavy atom. The van der Waals surface area contributed by atoms with Crippen LogP contribution >= 0.6 is 22.9 Å². The summed E-state index contributed by atoms with van der Waals surface area (Å²) in [5, 5.41) is 3.76. The summed E-state index contributed by atoms with van der Waals surface area (Å²) in [5.41, 5.74) is 2.54. The van der Waals surface area contributed by atoms with E-state index in [9.17, 15) is 13.2 Å². The van der Waals surface area contributed by atoms with Gasteiger partial charge in [-0.25, -0.2) is 18.4 Å². The van der Waals surface area contributed by atoms with Crippen LogP contribution in [0, 0.1) is 6.92 Å². The quantitative estimate of drug-likeness (QED) is 0.299. The number of Topliss-reactive ketones (excluding diaryl/α,β-unsaturated/α-hetero) is 1. The molecule has 1 aliphatic carbocycles. The number of ketones is 1. The van der Waals surface area contributed by atoms with E-state index in [1.54, 1.807) is 27.8 Å². The van der Waals surface area contributed by atoms with Crippen molar-refractivity contribution >= 4 is 43.8 Å². The molecule has 1 atom stereocenters. The van der Waals surface area contributed by atoms with Gasteiger partial charge in [0.15, 0.2) is 5.82 Å². The fourth-order valence-corrected chi connectivity index (χ4v) is 8.82. The average Bonchev–Trinajstić information content (AvgIpc) is 3.64. The van der Waals surface area contributed by atoms with Crippen molar-refractivity contribution in [3.8, 4) is 11.3 Å². The Kier molecular flexibility index (Phi) is 7.32. The summed E-state index contributed by atoms with van der Waals surface area (Å²) < 4.78 is 33.5. The number of nitrogens with zero attached hydrogens (tertiary/aromatic N) is 5. The molecule has 0 bridgehead atoms. The Bertz CT molecular complexity index is 1610. The lowest BCUT2D eigenvalue weighted by Gasteiger charge is -2.38. The first-order valence-electron chi connectivity index (χ1n) is 13.5. The van der Waals surface area contributed by atoms with E-state index in [1.165, 1.54) is 11.5 Å². The lowest BCUT2D eigenvalue weighted by molar-refractivity contribution is -0.121. The maximum Gasteiger partial charge on any atom is 0.243 e. The molecule has 3 heterocycles. The number of piperazine rings is 1. The number of thiazole rings is 1. The van der Waals surface area contributed by atoms with Gasteiger partial charge in [-0.2, -0.15) is 8.68 Å². The van der Waals surface area contributed by atoms with Crippen molar-refractivity contribution in [2.45, 2.75) is 55.9 Å². The van der Waals surface area contributed by atoms with Crippen LogP contribution in [0.15, 0.2) is 64.9 Å². The van der Waals surface area contributed by atoms with E-state index in [-0.39, 0.29) is 11.5 Å². The molecule has 0 spiro atoms. The first kappa shape index (κ1) is 27.2. The van der Waals surface area contributed by atoms with Gasteiger partial charge in [0.2, 0.25) is 15.2 Å². The molecule has 4 aromatic rings. The second-order valence-electron chi connectivity index (χ2n) is 10.6. The van der Waals surface area contributed by atoms with E-state index in [0.29, 0.717) is 56.0 Å². The van der Waals surface area contributed by atoms with Crippen LogP contribution in [-0.4, -0.2) is 58.5 Å². The van der Waals surface area contributed by atoms with Gasteiger partial charge in [-0.15, -0.1) is 11.3 Å². The Balaban J connectivity index is 1.19. The molecular weight excluding hydrogens is 563 g/mol. The molecular formula is C29H31N5O3S3. The first-order chi connectivity index (χ1) is 19.3. The van der Waals surface area contributed by atoms with Crippen molar-refractivity contribution in [1.82, 2.24) is 18.6 Å². The SMILES string of the molecule is Cc1nc(-c2ccc(S(=O)(=O)N3CCN(c4nc(C5(c6ccccc6)CCC(=O)CC5)ns4)CC3C)cc2)cs1. The fraction of sp³-hybridized carbons (Fsp3) is 0.379. The second-order valence-corrected chi connectivity index (χ2v) is 14.3. The monoisotopic (exact) mass is 593 g/mol. The lowest BCUT2D eigenvalue weighted by Crippen LogP contribution is -2.54. The molecule has 8 nitrogen and oxygen atoms in total. The molecule has 2 fully saturated rings. The number of anilines is 1. The zero-order valence-electron chi connectivity index (χ0n) is 22.5. The van der Waals surface area contributed by atoms with Crippen LogP contribution in [0.2, 0.25) is 0 Å². The summed E-state index contributed by atoms with van der Waals surface area (Å²) in [4.78, 5) is 24.0. The molecule has 0 radical (unpaired) electrons. The minimum Gasteiger partial charge on any atom is -0.344 e. The third-order valence-electron chi connectivity index (χ3n) is 8.04. The first-order valence-corrected chi connectivity index (χ1v) is 16.6. The van der Waals surface area contributed by atoms with Gasteiger partial charge in [-0.3, -0.25) is 4.79 Å². The maximum atomic E-state index is 13.6. The molecule has 208 valence electrons. The predicted octanol–water partition coefficient (Wildman–Crippen LogP) is 5.30. The van der Waals surface area contributed by atoms with Crippen molar-refractivity contribution < 1.29 is 13.2 Å². The number of aromatic nitrogens is 3. The zero-order chi connectivity index (χ0) is 27.9. The predicted molar refractivity (Wildman–Crippen MR) is 158 cm³/mol. The molecule has 2 aromatic carbocycles. The average molecular weight is 594 g/mol. The Morgan fingerprint density at radius 3 is 2.35 bits per heavy atom. The van der Waals surface area contributed by atoms with Gasteiger partial charge >= 0.3 is 0 Å². The molecule has 40 heavy (non-hydrogen) atoms. The number of benzene rings is 2. The molecule has 11 heteroatoms. The molecule has 2 aliphatic rings. The summed E-state index contributed by atoms with van der Waals surface area (Å²) in [6.45, 7) is 5.32. The molecule has 0 amide bonds. The highest BCUT2D eigenvalue weighted by molar-refractivity contribution is 7.89. The number of hydrogen-bond donors (Lipinski definition) is 0. The minimum atomic E-state index is -3.65. The Labute approximate surface area is 242 Å². The largest absolute Gasteiger partial charge is 0.344 e. The molecule has 1 saturated heterocycles. The summed E-state index contributed by atoms with van der Waals surface area (Å²) >= 11 is 2.93. The van der Waals surface area contributed by atoms with Gasteiger partial charge < -0.3 is 4.90 Å². The number of carbonyl (C=O) groups excluding carboxylic acids is 1. The molecule has 2 aromatic heterocycles. The third kappa shape index (κ3) is 5.00. The summed E-state index contributed by atoms with van der Waals surface area (Å²) in [6.07, 6.45) is 2.47. The van der Waals surface area contributed by atoms with Crippen LogP contribution in [-0.2, 0) is 20.2 Å². The number of sulfonamides is 1. The Morgan fingerprint density at radius 1 is 0.975 bits per heavy atom. The Hall–Kier alpha value is -2.99. The number of rotatable bonds is 6. The van der Waals surface area contributed by atoms with Crippen molar-refractivity contribution in [3.63, 3.8) is 0 Å². The van der Waals surface area contributed by atoms with Crippen molar-refractivity contribution in [1.29, 1.82) is 0 Å². The highest BCUT2D eigenvalue weighted by atomic mass is 32.2. The van der Waals surface area contributed by atoms with Crippen molar-refractivity contribution in [2.24, 2.45) is 0 Å². The standard InChI is InChI=1S/C29H31N5O3S3/c1-20-18-33(16-17-34(20)40(36,37)25-10-8-22(9-11-25)26-19-38-21(2)30-26)28-31-27(32-39-28)29(14-12-24(35)13-15-29)23-6-4-3-5-7-23/h3-11,19-20H,12-18H2,1-2H3. The molecule has 6 rings (SSSR count). The van der Waals surface area contributed by atoms with Gasteiger partial charge in [-0.05, 0) is 44.4 Å². The molecule has 1 aliphatic heterocycles. The van der Waals surface area contributed by atoms with E-state index in [4.69, 9.17) is 9.36 Å². The van der Waals surface area contributed by atoms with Gasteiger partial charge in [-0.1, -0.05) is 42.5 Å². The van der Waals surface area contributed by atoms with Crippen LogP contribution in [0.3, 0.4) is 0 Å². The fourth-order valence-electron chi connectivity index (χ4n) is 5.79. The minimum absolute atomic E-state index is 0.234. The summed E-state index contributed by atoms with van der Waals surface area (Å²) in [5.74, 6) is 1.06. The zero-order valence-corrected chi connectivity index (χ0v) is 24.9. The van der Waals surface area contributed by atoms with Crippen molar-refractivity contribution in [3.05, 3.63) is 76.4 Å². The second kappa shape index (κ2) is 10.8. The molecule has 1 unspecified atom stereocenters. The van der Waals surface area contributed by atoms with Gasteiger partial charge in [0.1, 0.15) is 5.78 Å². The van der Waals surface area contributed by atoms with E-state index in [2.05, 4.69) is 22.0 Å². The van der Waals surface area contributed by atoms with Crippen LogP contribution in [0.4, 0.5) is 5.13 Å². The highest BCUT2D eigenvalue weighted by Crippen LogP contribution is 2.44. The van der Waals surface area contributed by atoms with Crippen LogP contribution < -0.4 is 4.90 Å². The maximum absolute atomic E-state index is 13.6. The van der Waals surface area contributed by atoms with E-state index < -0.39 is 10.0 Å². The van der Waals surface area contributed by atoms with Crippen LogP contribution in [0.25, 0.3) is 11.3 Å². The van der Waals surface area contributed by atoms with Crippen molar-refractivity contribution in [2.75, 3.05) is 24.5 Å². The summed E-state index contributed by atoms with van der Waals surface area (Å²) in [6, 6.07) is 17.0.